The van der Waals surface area contributed by atoms with Gasteiger partial charge in [-0.25, -0.2) is 0 Å². The topological polar surface area (TPSA) is 49.9 Å². The molecule has 21 heavy (non-hydrogen) atoms. The minimum absolute atomic E-state index is 0.00775. The number of anilines is 1. The average Bonchev–Trinajstić information content (AvgIpc) is 3.33. The van der Waals surface area contributed by atoms with Gasteiger partial charge in [-0.3, -0.25) is 14.5 Å². The highest BCUT2D eigenvalue weighted by atomic mass is 16.5. The van der Waals surface area contributed by atoms with Gasteiger partial charge in [0.2, 0.25) is 5.91 Å². The van der Waals surface area contributed by atoms with E-state index in [0.29, 0.717) is 17.4 Å². The van der Waals surface area contributed by atoms with Crippen molar-refractivity contribution in [1.82, 2.24) is 4.90 Å². The van der Waals surface area contributed by atoms with Gasteiger partial charge in [-0.1, -0.05) is 12.1 Å². The Balaban J connectivity index is 1.74. The molecule has 1 aromatic rings. The van der Waals surface area contributed by atoms with Crippen LogP contribution in [0, 0.1) is 5.92 Å². The predicted octanol–water partition coefficient (Wildman–Crippen LogP) is 1.67. The number of amides is 2. The SMILES string of the molecule is C[C@@H](C1CC1)N(C)C(=O)CN1C(=O)COc2ccccc21. The summed E-state index contributed by atoms with van der Waals surface area (Å²) in [5, 5.41) is 0. The molecule has 112 valence electrons. The summed E-state index contributed by atoms with van der Waals surface area (Å²) in [6, 6.07) is 7.56. The van der Waals surface area contributed by atoms with Crippen LogP contribution in [-0.4, -0.2) is 43.0 Å². The maximum Gasteiger partial charge on any atom is 0.265 e. The second kappa shape index (κ2) is 5.39. The van der Waals surface area contributed by atoms with E-state index in [1.807, 2.05) is 31.3 Å². The zero-order valence-corrected chi connectivity index (χ0v) is 12.4. The molecule has 1 atom stereocenters. The first-order valence-corrected chi connectivity index (χ1v) is 7.36. The summed E-state index contributed by atoms with van der Waals surface area (Å²) in [6.45, 7) is 2.14. The lowest BCUT2D eigenvalue weighted by atomic mass is 10.2. The fourth-order valence-electron chi connectivity index (χ4n) is 2.70. The quantitative estimate of drug-likeness (QED) is 0.847. The van der Waals surface area contributed by atoms with E-state index in [2.05, 4.69) is 6.92 Å². The largest absolute Gasteiger partial charge is 0.482 e. The number of hydrogen-bond donors (Lipinski definition) is 0. The summed E-state index contributed by atoms with van der Waals surface area (Å²) in [5.41, 5.74) is 0.676. The molecule has 0 spiro atoms. The van der Waals surface area contributed by atoms with Crippen LogP contribution in [0.25, 0.3) is 0 Å². The third-order valence-electron chi connectivity index (χ3n) is 4.41. The van der Waals surface area contributed by atoms with Gasteiger partial charge in [0.25, 0.3) is 5.91 Å². The molecule has 2 aliphatic rings. The maximum absolute atomic E-state index is 12.4. The van der Waals surface area contributed by atoms with E-state index in [1.165, 1.54) is 17.7 Å². The van der Waals surface area contributed by atoms with Crippen LogP contribution in [0.4, 0.5) is 5.69 Å². The van der Waals surface area contributed by atoms with E-state index in [0.717, 1.165) is 0 Å². The number of hydrogen-bond acceptors (Lipinski definition) is 3. The number of carbonyl (C=O) groups is 2. The van der Waals surface area contributed by atoms with Gasteiger partial charge in [0.1, 0.15) is 12.3 Å². The first-order chi connectivity index (χ1) is 10.1. The molecule has 0 N–H and O–H groups in total. The molecule has 0 aromatic heterocycles. The van der Waals surface area contributed by atoms with Crippen LogP contribution in [-0.2, 0) is 9.59 Å². The van der Waals surface area contributed by atoms with Crippen molar-refractivity contribution in [2.24, 2.45) is 5.92 Å². The number of ether oxygens (including phenoxy) is 1. The molecule has 1 aromatic carbocycles. The lowest BCUT2D eigenvalue weighted by Crippen LogP contribution is -2.47. The second-order valence-electron chi connectivity index (χ2n) is 5.82. The van der Waals surface area contributed by atoms with Crippen LogP contribution in [0.3, 0.4) is 0 Å². The Hall–Kier alpha value is -2.04. The molecule has 1 aliphatic carbocycles. The molecule has 1 saturated carbocycles. The van der Waals surface area contributed by atoms with Crippen LogP contribution < -0.4 is 9.64 Å². The van der Waals surface area contributed by atoms with Crippen molar-refractivity contribution in [2.45, 2.75) is 25.8 Å². The third-order valence-corrected chi connectivity index (χ3v) is 4.41. The van der Waals surface area contributed by atoms with Crippen LogP contribution in [0.5, 0.6) is 5.75 Å². The normalized spacial score (nSPS) is 18.8. The molecule has 0 unspecified atom stereocenters. The standard InChI is InChI=1S/C16H20N2O3/c1-11(12-7-8-12)17(2)15(19)9-18-13-5-3-4-6-14(13)21-10-16(18)20/h3-6,11-12H,7-10H2,1-2H3/t11-/m0/s1. The number of benzene rings is 1. The first-order valence-electron chi connectivity index (χ1n) is 7.36. The Morgan fingerprint density at radius 3 is 2.86 bits per heavy atom. The second-order valence-corrected chi connectivity index (χ2v) is 5.82. The molecule has 0 radical (unpaired) electrons. The van der Waals surface area contributed by atoms with Crippen LogP contribution in [0.1, 0.15) is 19.8 Å². The highest BCUT2D eigenvalue weighted by Crippen LogP contribution is 2.35. The van der Waals surface area contributed by atoms with E-state index in [4.69, 9.17) is 4.74 Å². The molecule has 1 heterocycles. The number of fused-ring (bicyclic) bond motifs is 1. The van der Waals surface area contributed by atoms with Crippen molar-refractivity contribution in [3.63, 3.8) is 0 Å². The van der Waals surface area contributed by atoms with E-state index < -0.39 is 0 Å². The van der Waals surface area contributed by atoms with E-state index in [-0.39, 0.29) is 31.0 Å². The minimum atomic E-state index is -0.172. The van der Waals surface area contributed by atoms with E-state index in [1.54, 1.807) is 4.90 Å². The molecular weight excluding hydrogens is 268 g/mol. The summed E-state index contributed by atoms with van der Waals surface area (Å²) in [4.78, 5) is 27.8. The molecule has 1 fully saturated rings. The van der Waals surface area contributed by atoms with Gasteiger partial charge in [-0.05, 0) is 37.8 Å². The van der Waals surface area contributed by atoms with Crippen molar-refractivity contribution < 1.29 is 14.3 Å². The lowest BCUT2D eigenvalue weighted by molar-refractivity contribution is -0.132. The molecule has 5 nitrogen and oxygen atoms in total. The summed E-state index contributed by atoms with van der Waals surface area (Å²) >= 11 is 0. The zero-order valence-electron chi connectivity index (χ0n) is 12.4. The fourth-order valence-corrected chi connectivity index (χ4v) is 2.70. The van der Waals surface area contributed by atoms with Gasteiger partial charge in [-0.15, -0.1) is 0 Å². The Morgan fingerprint density at radius 2 is 2.14 bits per heavy atom. The Bertz CT molecular complexity index is 568. The monoisotopic (exact) mass is 288 g/mol. The summed E-state index contributed by atoms with van der Waals surface area (Å²) < 4.78 is 5.39. The van der Waals surface area contributed by atoms with Gasteiger partial charge in [0.05, 0.1) is 5.69 Å². The third kappa shape index (κ3) is 2.73. The molecule has 5 heteroatoms. The Kier molecular flexibility index (Phi) is 3.57. The van der Waals surface area contributed by atoms with Gasteiger partial charge >= 0.3 is 0 Å². The Morgan fingerprint density at radius 1 is 1.43 bits per heavy atom. The Labute approximate surface area is 124 Å². The summed E-state index contributed by atoms with van der Waals surface area (Å²) in [7, 11) is 1.82. The van der Waals surface area contributed by atoms with Crippen LogP contribution in [0.2, 0.25) is 0 Å². The number of likely N-dealkylation sites (N-methyl/N-ethyl adjacent to an activating group) is 1. The molecule has 1 aliphatic heterocycles. The molecular formula is C16H20N2O3. The summed E-state index contributed by atoms with van der Waals surface area (Å²) in [6.07, 6.45) is 2.39. The predicted molar refractivity (Wildman–Crippen MR) is 79.2 cm³/mol. The highest BCUT2D eigenvalue weighted by molar-refractivity contribution is 6.02. The molecule has 0 saturated heterocycles. The smallest absolute Gasteiger partial charge is 0.265 e. The van der Waals surface area contributed by atoms with Gasteiger partial charge in [-0.2, -0.15) is 0 Å². The van der Waals surface area contributed by atoms with Crippen molar-refractivity contribution >= 4 is 17.5 Å². The molecule has 2 amide bonds. The van der Waals surface area contributed by atoms with Gasteiger partial charge < -0.3 is 9.64 Å². The zero-order chi connectivity index (χ0) is 15.0. The van der Waals surface area contributed by atoms with Crippen LogP contribution in [0.15, 0.2) is 24.3 Å². The van der Waals surface area contributed by atoms with Crippen molar-refractivity contribution in [1.29, 1.82) is 0 Å². The van der Waals surface area contributed by atoms with Crippen molar-refractivity contribution in [2.75, 3.05) is 25.1 Å². The average molecular weight is 288 g/mol. The molecule has 0 bridgehead atoms. The van der Waals surface area contributed by atoms with Crippen LogP contribution >= 0.6 is 0 Å². The molecule has 3 rings (SSSR count). The first kappa shape index (κ1) is 13.9. The summed E-state index contributed by atoms with van der Waals surface area (Å²) in [5.74, 6) is 1.07. The van der Waals surface area contributed by atoms with Crippen molar-refractivity contribution in [3.8, 4) is 5.75 Å². The van der Waals surface area contributed by atoms with Crippen molar-refractivity contribution in [3.05, 3.63) is 24.3 Å². The van der Waals surface area contributed by atoms with E-state index >= 15 is 0 Å². The van der Waals surface area contributed by atoms with Gasteiger partial charge in [0.15, 0.2) is 6.61 Å². The highest BCUT2D eigenvalue weighted by Gasteiger charge is 2.34. The number of rotatable bonds is 4. The van der Waals surface area contributed by atoms with Gasteiger partial charge in [0, 0.05) is 13.1 Å². The number of carbonyl (C=O) groups excluding carboxylic acids is 2. The number of nitrogens with zero attached hydrogens (tertiary/aromatic N) is 2. The fraction of sp³-hybridized carbons (Fsp3) is 0.500. The van der Waals surface area contributed by atoms with E-state index in [9.17, 15) is 9.59 Å². The number of para-hydroxylation sites is 2. The lowest BCUT2D eigenvalue weighted by Gasteiger charge is -2.32. The maximum atomic E-state index is 12.4. The minimum Gasteiger partial charge on any atom is -0.482 e.